The van der Waals surface area contributed by atoms with Crippen LogP contribution in [0.3, 0.4) is 0 Å². The second-order valence-corrected chi connectivity index (χ2v) is 7.04. The number of ether oxygens (including phenoxy) is 1. The van der Waals surface area contributed by atoms with Crippen LogP contribution in [-0.4, -0.2) is 24.7 Å². The van der Waals surface area contributed by atoms with Crippen LogP contribution < -0.4 is 10.4 Å². The van der Waals surface area contributed by atoms with Crippen molar-refractivity contribution in [2.45, 2.75) is 38.6 Å². The number of carboxylic acid groups (broad SMARTS) is 1. The molecule has 1 N–H and O–H groups in total. The molecule has 1 aliphatic rings. The molecule has 0 unspecified atom stereocenters. The van der Waals surface area contributed by atoms with E-state index in [1.54, 1.807) is 0 Å². The van der Waals surface area contributed by atoms with E-state index in [0.717, 1.165) is 28.7 Å². The minimum absolute atomic E-state index is 0.0170. The molecular formula is C22H24NO4-. The number of rotatable bonds is 7. The molecule has 1 amide bonds. The van der Waals surface area contributed by atoms with Crippen LogP contribution >= 0.6 is 0 Å². The smallest absolute Gasteiger partial charge is 0.407 e. The molecule has 0 aliphatic heterocycles. The summed E-state index contributed by atoms with van der Waals surface area (Å²) < 4.78 is 5.48. The largest absolute Gasteiger partial charge is 0.550 e. The van der Waals surface area contributed by atoms with Crippen LogP contribution in [0.1, 0.15) is 43.7 Å². The standard InChI is InChI=1S/C22H25NO4/c1-3-14(2)20(12-21(24)25)23-22(26)27-13-19-17-10-6-4-8-15(17)16-9-5-7-11-18(16)19/h4-11,14,19-20H,3,12-13H2,1-2H3,(H,23,26)(H,24,25)/p-1/t14-,20+/m0/s1. The monoisotopic (exact) mass is 366 g/mol. The number of aliphatic carboxylic acids is 1. The number of fused-ring (bicyclic) bond motifs is 3. The van der Waals surface area contributed by atoms with Gasteiger partial charge in [0.1, 0.15) is 6.61 Å². The molecule has 1 aliphatic carbocycles. The van der Waals surface area contributed by atoms with Crippen LogP contribution in [-0.2, 0) is 9.53 Å². The first kappa shape index (κ1) is 19.0. The van der Waals surface area contributed by atoms with Gasteiger partial charge in [-0.15, -0.1) is 0 Å². The quantitative estimate of drug-likeness (QED) is 0.817. The van der Waals surface area contributed by atoms with Crippen LogP contribution in [0.4, 0.5) is 4.79 Å². The maximum absolute atomic E-state index is 12.3. The lowest BCUT2D eigenvalue weighted by Crippen LogP contribution is -2.43. The first-order valence-corrected chi connectivity index (χ1v) is 9.32. The highest BCUT2D eigenvalue weighted by atomic mass is 16.5. The summed E-state index contributed by atoms with van der Waals surface area (Å²) >= 11 is 0. The summed E-state index contributed by atoms with van der Waals surface area (Å²) in [5.74, 6) is -1.19. The van der Waals surface area contributed by atoms with Gasteiger partial charge in [-0.1, -0.05) is 68.8 Å². The molecule has 5 heteroatoms. The molecule has 0 heterocycles. The fourth-order valence-corrected chi connectivity index (χ4v) is 3.65. The molecule has 2 aromatic carbocycles. The summed E-state index contributed by atoms with van der Waals surface area (Å²) in [6, 6.07) is 15.7. The van der Waals surface area contributed by atoms with Gasteiger partial charge < -0.3 is 20.0 Å². The summed E-state index contributed by atoms with van der Waals surface area (Å²) in [7, 11) is 0. The number of benzene rings is 2. The van der Waals surface area contributed by atoms with Gasteiger partial charge in [-0.2, -0.15) is 0 Å². The number of hydrogen-bond acceptors (Lipinski definition) is 4. The van der Waals surface area contributed by atoms with Crippen molar-refractivity contribution in [1.82, 2.24) is 5.32 Å². The van der Waals surface area contributed by atoms with Crippen molar-refractivity contribution in [3.8, 4) is 11.1 Å². The van der Waals surface area contributed by atoms with Crippen molar-refractivity contribution < 1.29 is 19.4 Å². The Morgan fingerprint density at radius 1 is 1.07 bits per heavy atom. The zero-order chi connectivity index (χ0) is 19.4. The van der Waals surface area contributed by atoms with Crippen molar-refractivity contribution in [2.24, 2.45) is 5.92 Å². The Hall–Kier alpha value is -2.82. The Labute approximate surface area is 159 Å². The molecule has 0 saturated carbocycles. The first-order chi connectivity index (χ1) is 13.0. The van der Waals surface area contributed by atoms with Crippen molar-refractivity contribution in [3.05, 3.63) is 59.7 Å². The number of alkyl carbamates (subject to hydrolysis) is 1. The van der Waals surface area contributed by atoms with Crippen LogP contribution in [0.2, 0.25) is 0 Å². The molecule has 5 nitrogen and oxygen atoms in total. The molecule has 2 atom stereocenters. The maximum atomic E-state index is 12.3. The van der Waals surface area contributed by atoms with Gasteiger partial charge in [0.05, 0.1) is 0 Å². The van der Waals surface area contributed by atoms with Gasteiger partial charge in [0.15, 0.2) is 0 Å². The number of amides is 1. The third kappa shape index (κ3) is 4.13. The molecule has 0 radical (unpaired) electrons. The molecule has 27 heavy (non-hydrogen) atoms. The molecule has 2 aromatic rings. The fraction of sp³-hybridized carbons (Fsp3) is 0.364. The van der Waals surface area contributed by atoms with E-state index in [4.69, 9.17) is 4.74 Å². The van der Waals surface area contributed by atoms with E-state index in [1.165, 1.54) is 0 Å². The van der Waals surface area contributed by atoms with Gasteiger partial charge in [-0.3, -0.25) is 0 Å². The van der Waals surface area contributed by atoms with E-state index in [1.807, 2.05) is 38.1 Å². The predicted octanol–water partition coefficient (Wildman–Crippen LogP) is 3.08. The lowest BCUT2D eigenvalue weighted by Gasteiger charge is -2.25. The Balaban J connectivity index is 1.69. The third-order valence-electron chi connectivity index (χ3n) is 5.36. The second-order valence-electron chi connectivity index (χ2n) is 7.04. The van der Waals surface area contributed by atoms with Crippen LogP contribution in [0.25, 0.3) is 11.1 Å². The molecule has 0 saturated heterocycles. The highest BCUT2D eigenvalue weighted by molar-refractivity contribution is 5.79. The van der Waals surface area contributed by atoms with Gasteiger partial charge >= 0.3 is 6.09 Å². The highest BCUT2D eigenvalue weighted by Crippen LogP contribution is 2.44. The van der Waals surface area contributed by atoms with E-state index in [-0.39, 0.29) is 24.9 Å². The predicted molar refractivity (Wildman–Crippen MR) is 101 cm³/mol. The molecule has 0 aromatic heterocycles. The molecule has 0 fully saturated rings. The van der Waals surface area contributed by atoms with E-state index >= 15 is 0 Å². The van der Waals surface area contributed by atoms with Crippen molar-refractivity contribution in [1.29, 1.82) is 0 Å². The summed E-state index contributed by atoms with van der Waals surface area (Å²) in [5.41, 5.74) is 4.60. The summed E-state index contributed by atoms with van der Waals surface area (Å²) in [6.07, 6.45) is -0.0655. The van der Waals surface area contributed by atoms with E-state index < -0.39 is 18.1 Å². The second kappa shape index (κ2) is 8.25. The van der Waals surface area contributed by atoms with Crippen LogP contribution in [0.5, 0.6) is 0 Å². The minimum atomic E-state index is -1.18. The molecule has 0 bridgehead atoms. The number of carbonyl (C=O) groups is 2. The normalized spacial score (nSPS) is 14.7. The van der Waals surface area contributed by atoms with Gasteiger partial charge in [0.2, 0.25) is 0 Å². The minimum Gasteiger partial charge on any atom is -0.550 e. The van der Waals surface area contributed by atoms with Crippen molar-refractivity contribution in [3.63, 3.8) is 0 Å². The molecule has 0 spiro atoms. The first-order valence-electron chi connectivity index (χ1n) is 9.32. The highest BCUT2D eigenvalue weighted by Gasteiger charge is 2.29. The average molecular weight is 366 g/mol. The van der Waals surface area contributed by atoms with Gasteiger partial charge in [-0.25, -0.2) is 4.79 Å². The number of hydrogen-bond donors (Lipinski definition) is 1. The van der Waals surface area contributed by atoms with E-state index in [9.17, 15) is 14.7 Å². The summed E-state index contributed by atoms with van der Waals surface area (Å²) in [6.45, 7) is 4.06. The summed E-state index contributed by atoms with van der Waals surface area (Å²) in [4.78, 5) is 23.2. The Morgan fingerprint density at radius 3 is 2.15 bits per heavy atom. The maximum Gasteiger partial charge on any atom is 0.407 e. The molecular weight excluding hydrogens is 342 g/mol. The zero-order valence-electron chi connectivity index (χ0n) is 15.6. The van der Waals surface area contributed by atoms with Crippen molar-refractivity contribution >= 4 is 12.1 Å². The molecule has 3 rings (SSSR count). The number of carboxylic acids is 1. The van der Waals surface area contributed by atoms with Crippen LogP contribution in [0.15, 0.2) is 48.5 Å². The third-order valence-corrected chi connectivity index (χ3v) is 5.36. The van der Waals surface area contributed by atoms with Gasteiger partial charge in [-0.05, 0) is 28.2 Å². The lowest BCUT2D eigenvalue weighted by molar-refractivity contribution is -0.306. The summed E-state index contributed by atoms with van der Waals surface area (Å²) in [5, 5.41) is 13.6. The number of carbonyl (C=O) groups excluding carboxylic acids is 2. The van der Waals surface area contributed by atoms with E-state index in [2.05, 4.69) is 29.6 Å². The fourth-order valence-electron chi connectivity index (χ4n) is 3.65. The molecule has 142 valence electrons. The Morgan fingerprint density at radius 2 is 1.63 bits per heavy atom. The van der Waals surface area contributed by atoms with Gasteiger partial charge in [0, 0.05) is 24.3 Å². The number of nitrogens with one attached hydrogen (secondary N) is 1. The van der Waals surface area contributed by atoms with E-state index in [0.29, 0.717) is 0 Å². The average Bonchev–Trinajstić information content (AvgIpc) is 2.99. The topological polar surface area (TPSA) is 78.5 Å². The lowest BCUT2D eigenvalue weighted by atomic mass is 9.96. The van der Waals surface area contributed by atoms with Gasteiger partial charge in [0.25, 0.3) is 0 Å². The SMILES string of the molecule is CC[C@H](C)[C@@H](CC(=O)[O-])NC(=O)OCC1c2ccccc2-c2ccccc21. The van der Waals surface area contributed by atoms with Crippen molar-refractivity contribution in [2.75, 3.05) is 6.61 Å². The Bertz CT molecular complexity index is 787. The van der Waals surface area contributed by atoms with Crippen LogP contribution in [0, 0.1) is 5.92 Å². The zero-order valence-corrected chi connectivity index (χ0v) is 15.6. The Kier molecular flexibility index (Phi) is 5.79.